The van der Waals surface area contributed by atoms with Crippen molar-refractivity contribution in [1.29, 1.82) is 0 Å². The predicted octanol–water partition coefficient (Wildman–Crippen LogP) is 6.49. The van der Waals surface area contributed by atoms with Crippen LogP contribution in [0.3, 0.4) is 0 Å². The van der Waals surface area contributed by atoms with Gasteiger partial charge < -0.3 is 4.74 Å². The van der Waals surface area contributed by atoms with E-state index in [-0.39, 0.29) is 56.9 Å². The third kappa shape index (κ3) is 2.95. The minimum atomic E-state index is -0.550. The van der Waals surface area contributed by atoms with Crippen LogP contribution in [0.5, 0.6) is 0 Å². The average molecular weight is 481 g/mol. The molecular weight excluding hydrogens is 436 g/mol. The van der Waals surface area contributed by atoms with Crippen molar-refractivity contribution in [2.24, 2.45) is 50.2 Å². The fourth-order valence-corrected chi connectivity index (χ4v) is 9.90. The van der Waals surface area contributed by atoms with Gasteiger partial charge in [0.15, 0.2) is 11.6 Å². The number of rotatable bonds is 1. The maximum atomic E-state index is 14.3. The summed E-state index contributed by atoms with van der Waals surface area (Å²) in [6.07, 6.45) is 12.1. The summed E-state index contributed by atoms with van der Waals surface area (Å²) in [6.45, 7) is 15.7. The van der Waals surface area contributed by atoms with Crippen molar-refractivity contribution in [2.75, 3.05) is 7.11 Å². The zero-order chi connectivity index (χ0) is 25.8. The number of esters is 1. The van der Waals surface area contributed by atoms with Crippen molar-refractivity contribution in [3.05, 3.63) is 23.8 Å². The molecule has 0 amide bonds. The molecule has 4 nitrogen and oxygen atoms in total. The highest BCUT2D eigenvalue weighted by Crippen LogP contribution is 2.74. The SMILES string of the molecule is COC(=O)C12CCC(C)(C)CC1C1C(=O)C=C3[C@@]4(C)C=CC(=O)C(C)(C)C4CC[C@@]3(C)[C@]1(C)CC2. The highest BCUT2D eigenvalue weighted by molar-refractivity contribution is 5.98. The molecule has 5 aliphatic rings. The number of ether oxygens (including phenoxy) is 1. The summed E-state index contributed by atoms with van der Waals surface area (Å²) < 4.78 is 5.41. The van der Waals surface area contributed by atoms with Gasteiger partial charge in [0.05, 0.1) is 12.5 Å². The Kier molecular flexibility index (Phi) is 5.13. The van der Waals surface area contributed by atoms with Crippen LogP contribution >= 0.6 is 0 Å². The summed E-state index contributed by atoms with van der Waals surface area (Å²) >= 11 is 0. The number of allylic oxidation sites excluding steroid dienone is 4. The van der Waals surface area contributed by atoms with Crippen LogP contribution in [0.25, 0.3) is 0 Å². The Morgan fingerprint density at radius 3 is 2.26 bits per heavy atom. The number of hydrogen-bond acceptors (Lipinski definition) is 4. The minimum Gasteiger partial charge on any atom is -0.469 e. The van der Waals surface area contributed by atoms with E-state index < -0.39 is 10.8 Å². The third-order valence-corrected chi connectivity index (χ3v) is 12.3. The molecule has 192 valence electrons. The van der Waals surface area contributed by atoms with Gasteiger partial charge in [-0.1, -0.05) is 60.1 Å². The molecule has 3 fully saturated rings. The molecule has 0 aliphatic heterocycles. The van der Waals surface area contributed by atoms with Gasteiger partial charge in [-0.2, -0.15) is 0 Å². The van der Waals surface area contributed by atoms with E-state index in [0.29, 0.717) is 0 Å². The second-order valence-corrected chi connectivity index (χ2v) is 14.6. The van der Waals surface area contributed by atoms with Crippen molar-refractivity contribution >= 4 is 17.5 Å². The molecular formula is C31H44O4. The number of methoxy groups -OCH3 is 1. The van der Waals surface area contributed by atoms with Crippen LogP contribution < -0.4 is 0 Å². The fraction of sp³-hybridized carbons (Fsp3) is 0.774. The Labute approximate surface area is 211 Å². The lowest BCUT2D eigenvalue weighted by Gasteiger charge is -2.68. The molecule has 4 heteroatoms. The highest BCUT2D eigenvalue weighted by atomic mass is 16.5. The van der Waals surface area contributed by atoms with Crippen molar-refractivity contribution in [1.82, 2.24) is 0 Å². The first-order valence-electron chi connectivity index (χ1n) is 13.7. The quantitative estimate of drug-likeness (QED) is 0.403. The molecule has 4 unspecified atom stereocenters. The summed E-state index contributed by atoms with van der Waals surface area (Å²) in [6, 6.07) is 0. The number of carbonyl (C=O) groups excluding carboxylic acids is 3. The maximum Gasteiger partial charge on any atom is 0.312 e. The summed E-state index contributed by atoms with van der Waals surface area (Å²) in [5.74, 6) is 0.294. The molecule has 7 atom stereocenters. The van der Waals surface area contributed by atoms with Gasteiger partial charge in [0.25, 0.3) is 0 Å². The monoisotopic (exact) mass is 480 g/mol. The molecule has 0 N–H and O–H groups in total. The van der Waals surface area contributed by atoms with Crippen LogP contribution in [-0.4, -0.2) is 24.6 Å². The smallest absolute Gasteiger partial charge is 0.312 e. The van der Waals surface area contributed by atoms with Crippen LogP contribution in [0.4, 0.5) is 0 Å². The second kappa shape index (κ2) is 7.19. The van der Waals surface area contributed by atoms with E-state index in [9.17, 15) is 14.4 Å². The topological polar surface area (TPSA) is 60.4 Å². The molecule has 5 aliphatic carbocycles. The molecule has 35 heavy (non-hydrogen) atoms. The zero-order valence-corrected chi connectivity index (χ0v) is 23.0. The summed E-state index contributed by atoms with van der Waals surface area (Å²) in [4.78, 5) is 40.4. The molecule has 0 spiro atoms. The average Bonchev–Trinajstić information content (AvgIpc) is 2.77. The van der Waals surface area contributed by atoms with E-state index in [1.807, 2.05) is 6.08 Å². The van der Waals surface area contributed by atoms with Crippen LogP contribution in [0, 0.1) is 50.2 Å². The van der Waals surface area contributed by atoms with Crippen molar-refractivity contribution in [3.63, 3.8) is 0 Å². The Morgan fingerprint density at radius 1 is 0.943 bits per heavy atom. The Balaban J connectivity index is 1.68. The van der Waals surface area contributed by atoms with E-state index in [4.69, 9.17) is 4.74 Å². The molecule has 0 aromatic carbocycles. The van der Waals surface area contributed by atoms with Gasteiger partial charge >= 0.3 is 5.97 Å². The van der Waals surface area contributed by atoms with Crippen LogP contribution in [0.15, 0.2) is 23.8 Å². The van der Waals surface area contributed by atoms with Crippen molar-refractivity contribution < 1.29 is 19.1 Å². The van der Waals surface area contributed by atoms with E-state index in [1.165, 1.54) is 12.7 Å². The lowest BCUT2D eigenvalue weighted by molar-refractivity contribution is -0.191. The van der Waals surface area contributed by atoms with Gasteiger partial charge in [-0.15, -0.1) is 0 Å². The molecule has 0 aromatic heterocycles. The van der Waals surface area contributed by atoms with Gasteiger partial charge in [0, 0.05) is 16.7 Å². The van der Waals surface area contributed by atoms with Crippen molar-refractivity contribution in [3.8, 4) is 0 Å². The van der Waals surface area contributed by atoms with Crippen molar-refractivity contribution in [2.45, 2.75) is 93.4 Å². The lowest BCUT2D eigenvalue weighted by atomic mass is 9.34. The van der Waals surface area contributed by atoms with E-state index in [0.717, 1.165) is 44.9 Å². The zero-order valence-electron chi connectivity index (χ0n) is 23.0. The standard InChI is InChI=1S/C31H44O4/c1-26(2)13-15-31(25(34)35-8)16-14-30(7)24(19(31)18-26)20(32)17-22-28(5)11-10-23(33)27(3,4)21(28)9-12-29(22,30)6/h10-11,17,19,21,24H,9,12-16,18H2,1-8H3/t19?,21?,24?,28-,29+,30+,31?/m0/s1. The Morgan fingerprint density at radius 2 is 1.60 bits per heavy atom. The lowest BCUT2D eigenvalue weighted by Crippen LogP contribution is -2.65. The molecule has 0 bridgehead atoms. The Hall–Kier alpha value is -1.71. The summed E-state index contributed by atoms with van der Waals surface area (Å²) in [7, 11) is 1.50. The first-order valence-corrected chi connectivity index (χ1v) is 13.7. The van der Waals surface area contributed by atoms with E-state index in [1.54, 1.807) is 6.08 Å². The molecule has 5 rings (SSSR count). The van der Waals surface area contributed by atoms with Gasteiger partial charge in [0.2, 0.25) is 0 Å². The predicted molar refractivity (Wildman–Crippen MR) is 136 cm³/mol. The van der Waals surface area contributed by atoms with Gasteiger partial charge in [-0.3, -0.25) is 14.4 Å². The third-order valence-electron chi connectivity index (χ3n) is 12.3. The highest BCUT2D eigenvalue weighted by Gasteiger charge is 2.70. The number of ketones is 2. The second-order valence-electron chi connectivity index (χ2n) is 14.6. The minimum absolute atomic E-state index is 0.00465. The van der Waals surface area contributed by atoms with Crippen LogP contribution in [-0.2, 0) is 19.1 Å². The summed E-state index contributed by atoms with van der Waals surface area (Å²) in [5.41, 5.74) is -0.345. The van der Waals surface area contributed by atoms with E-state index in [2.05, 4.69) is 54.5 Å². The molecule has 0 radical (unpaired) electrons. The maximum absolute atomic E-state index is 14.3. The molecule has 0 aromatic rings. The first-order chi connectivity index (χ1) is 16.1. The van der Waals surface area contributed by atoms with Crippen LogP contribution in [0.2, 0.25) is 0 Å². The molecule has 3 saturated carbocycles. The van der Waals surface area contributed by atoms with Crippen LogP contribution in [0.1, 0.15) is 93.4 Å². The number of hydrogen-bond donors (Lipinski definition) is 0. The largest absolute Gasteiger partial charge is 0.469 e. The Bertz CT molecular complexity index is 1060. The number of fused-ring (bicyclic) bond motifs is 7. The summed E-state index contributed by atoms with van der Waals surface area (Å²) in [5, 5.41) is 0. The molecule has 0 saturated heterocycles. The first kappa shape index (κ1) is 25.0. The van der Waals surface area contributed by atoms with E-state index >= 15 is 0 Å². The normalized spacial score (nSPS) is 47.5. The van der Waals surface area contributed by atoms with Gasteiger partial charge in [-0.05, 0) is 85.2 Å². The molecule has 0 heterocycles. The van der Waals surface area contributed by atoms with Gasteiger partial charge in [0.1, 0.15) is 0 Å². The van der Waals surface area contributed by atoms with Gasteiger partial charge in [-0.25, -0.2) is 0 Å². The number of carbonyl (C=O) groups is 3. The fourth-order valence-electron chi connectivity index (χ4n) is 9.90.